The van der Waals surface area contributed by atoms with Crippen LogP contribution in [0.4, 0.5) is 5.13 Å². The minimum atomic E-state index is 0.722. The van der Waals surface area contributed by atoms with Crippen molar-refractivity contribution in [3.05, 3.63) is 10.6 Å². The number of aromatic nitrogens is 1. The predicted octanol–water partition coefficient (Wildman–Crippen LogP) is 1.85. The Morgan fingerprint density at radius 1 is 1.36 bits per heavy atom. The Hall–Kier alpha value is -0.610. The highest BCUT2D eigenvalue weighted by Crippen LogP contribution is 2.43. The molecule has 0 amide bonds. The van der Waals surface area contributed by atoms with Crippen LogP contribution in [0.1, 0.15) is 42.2 Å². The van der Waals surface area contributed by atoms with Gasteiger partial charge < -0.3 is 11.1 Å². The molecule has 1 aromatic rings. The fourth-order valence-corrected chi connectivity index (χ4v) is 2.58. The lowest BCUT2D eigenvalue weighted by atomic mass is 10.2. The maximum Gasteiger partial charge on any atom is 0.180 e. The summed E-state index contributed by atoms with van der Waals surface area (Å²) in [6.45, 7) is 0.978. The monoisotopic (exact) mass is 209 g/mol. The van der Waals surface area contributed by atoms with Gasteiger partial charge >= 0.3 is 0 Å². The van der Waals surface area contributed by atoms with E-state index in [0.717, 1.165) is 23.6 Å². The fraction of sp³-hybridized carbons (Fsp3) is 0.700. The van der Waals surface area contributed by atoms with E-state index in [4.69, 9.17) is 5.73 Å². The standard InChI is InChI=1S/C10H15N3S/c11-10-13-9(6-1-2-6)8(14-10)5-12-7-3-4-7/h6-7,12H,1-5H2,(H2,11,13). The number of anilines is 1. The highest BCUT2D eigenvalue weighted by molar-refractivity contribution is 7.15. The molecular weight excluding hydrogens is 194 g/mol. The summed E-state index contributed by atoms with van der Waals surface area (Å²) in [4.78, 5) is 5.80. The molecule has 2 aliphatic carbocycles. The molecule has 3 nitrogen and oxygen atoms in total. The molecule has 1 heterocycles. The summed E-state index contributed by atoms with van der Waals surface area (Å²) in [6.07, 6.45) is 5.29. The van der Waals surface area contributed by atoms with Gasteiger partial charge in [-0.3, -0.25) is 0 Å². The van der Waals surface area contributed by atoms with E-state index >= 15 is 0 Å². The second-order valence-electron chi connectivity index (χ2n) is 4.29. The van der Waals surface area contributed by atoms with Gasteiger partial charge in [-0.25, -0.2) is 4.98 Å². The molecule has 0 spiro atoms. The first kappa shape index (κ1) is 8.68. The third-order valence-electron chi connectivity index (χ3n) is 2.84. The van der Waals surface area contributed by atoms with Crippen LogP contribution in [0.3, 0.4) is 0 Å². The van der Waals surface area contributed by atoms with Gasteiger partial charge in [0.1, 0.15) is 0 Å². The molecule has 0 saturated heterocycles. The molecule has 4 heteroatoms. The number of rotatable bonds is 4. The van der Waals surface area contributed by atoms with Crippen molar-refractivity contribution in [3.8, 4) is 0 Å². The number of nitrogen functional groups attached to an aromatic ring is 1. The summed E-state index contributed by atoms with van der Waals surface area (Å²) < 4.78 is 0. The van der Waals surface area contributed by atoms with Crippen LogP contribution in [0.2, 0.25) is 0 Å². The van der Waals surface area contributed by atoms with Gasteiger partial charge in [0, 0.05) is 23.4 Å². The van der Waals surface area contributed by atoms with Gasteiger partial charge in [-0.2, -0.15) is 0 Å². The Labute approximate surface area is 87.7 Å². The van der Waals surface area contributed by atoms with E-state index in [9.17, 15) is 0 Å². The molecule has 3 rings (SSSR count). The molecule has 2 saturated carbocycles. The lowest BCUT2D eigenvalue weighted by molar-refractivity contribution is 0.688. The Balaban J connectivity index is 1.72. The Morgan fingerprint density at radius 3 is 2.79 bits per heavy atom. The molecule has 0 aromatic carbocycles. The Bertz CT molecular complexity index is 339. The largest absolute Gasteiger partial charge is 0.375 e. The van der Waals surface area contributed by atoms with Crippen LogP contribution in [0.5, 0.6) is 0 Å². The van der Waals surface area contributed by atoms with Gasteiger partial charge in [-0.05, 0) is 25.7 Å². The molecule has 14 heavy (non-hydrogen) atoms. The Kier molecular flexibility index (Phi) is 1.99. The molecule has 1 aromatic heterocycles. The zero-order valence-corrected chi connectivity index (χ0v) is 8.94. The number of hydrogen-bond donors (Lipinski definition) is 2. The maximum absolute atomic E-state index is 5.75. The van der Waals surface area contributed by atoms with Crippen LogP contribution in [0, 0.1) is 0 Å². The van der Waals surface area contributed by atoms with Gasteiger partial charge in [0.15, 0.2) is 5.13 Å². The normalized spacial score (nSPS) is 21.4. The van der Waals surface area contributed by atoms with E-state index < -0.39 is 0 Å². The summed E-state index contributed by atoms with van der Waals surface area (Å²) in [5.74, 6) is 0.722. The third-order valence-corrected chi connectivity index (χ3v) is 3.74. The fourth-order valence-electron chi connectivity index (χ4n) is 1.71. The van der Waals surface area contributed by atoms with Gasteiger partial charge in [0.25, 0.3) is 0 Å². The van der Waals surface area contributed by atoms with Crippen molar-refractivity contribution < 1.29 is 0 Å². The van der Waals surface area contributed by atoms with Crippen molar-refractivity contribution in [1.82, 2.24) is 10.3 Å². The summed E-state index contributed by atoms with van der Waals surface area (Å²) >= 11 is 1.66. The average molecular weight is 209 g/mol. The van der Waals surface area contributed by atoms with Crippen molar-refractivity contribution in [1.29, 1.82) is 0 Å². The van der Waals surface area contributed by atoms with Gasteiger partial charge in [-0.1, -0.05) is 0 Å². The first-order valence-corrected chi connectivity index (χ1v) is 6.13. The maximum atomic E-state index is 5.75. The van der Waals surface area contributed by atoms with Gasteiger partial charge in [-0.15, -0.1) is 11.3 Å². The Morgan fingerprint density at radius 2 is 2.14 bits per heavy atom. The van der Waals surface area contributed by atoms with Crippen LogP contribution in [0.25, 0.3) is 0 Å². The van der Waals surface area contributed by atoms with Crippen molar-refractivity contribution in [3.63, 3.8) is 0 Å². The van der Waals surface area contributed by atoms with Crippen LogP contribution < -0.4 is 11.1 Å². The van der Waals surface area contributed by atoms with E-state index in [-0.39, 0.29) is 0 Å². The minimum absolute atomic E-state index is 0.722. The first-order valence-electron chi connectivity index (χ1n) is 5.31. The molecule has 2 fully saturated rings. The molecule has 0 unspecified atom stereocenters. The minimum Gasteiger partial charge on any atom is -0.375 e. The van der Waals surface area contributed by atoms with E-state index in [2.05, 4.69) is 10.3 Å². The van der Waals surface area contributed by atoms with E-state index in [0.29, 0.717) is 0 Å². The number of nitrogens with one attached hydrogen (secondary N) is 1. The van der Waals surface area contributed by atoms with Crippen LogP contribution in [-0.2, 0) is 6.54 Å². The number of nitrogens with zero attached hydrogens (tertiary/aromatic N) is 1. The molecule has 76 valence electrons. The molecule has 0 bridgehead atoms. The second kappa shape index (κ2) is 3.21. The van der Waals surface area contributed by atoms with Crippen molar-refractivity contribution in [2.45, 2.75) is 44.2 Å². The van der Waals surface area contributed by atoms with E-state index in [1.807, 2.05) is 0 Å². The zero-order valence-electron chi connectivity index (χ0n) is 8.12. The lowest BCUT2D eigenvalue weighted by Crippen LogP contribution is -2.15. The number of hydrogen-bond acceptors (Lipinski definition) is 4. The quantitative estimate of drug-likeness (QED) is 0.795. The summed E-state index contributed by atoms with van der Waals surface area (Å²) in [7, 11) is 0. The molecule has 0 atom stereocenters. The molecular formula is C10H15N3S. The second-order valence-corrected chi connectivity index (χ2v) is 5.41. The van der Waals surface area contributed by atoms with Crippen LogP contribution in [0.15, 0.2) is 0 Å². The average Bonchev–Trinajstić information content (AvgIpc) is 3.03. The van der Waals surface area contributed by atoms with Crippen molar-refractivity contribution in [2.75, 3.05) is 5.73 Å². The number of nitrogens with two attached hydrogens (primary N) is 1. The topological polar surface area (TPSA) is 50.9 Å². The molecule has 2 aliphatic rings. The van der Waals surface area contributed by atoms with E-state index in [1.54, 1.807) is 11.3 Å². The molecule has 0 radical (unpaired) electrons. The molecule has 3 N–H and O–H groups in total. The van der Waals surface area contributed by atoms with Crippen LogP contribution in [-0.4, -0.2) is 11.0 Å². The predicted molar refractivity (Wildman–Crippen MR) is 58.4 cm³/mol. The van der Waals surface area contributed by atoms with Crippen LogP contribution >= 0.6 is 11.3 Å². The van der Waals surface area contributed by atoms with Crippen molar-refractivity contribution in [2.24, 2.45) is 0 Å². The zero-order chi connectivity index (χ0) is 9.54. The van der Waals surface area contributed by atoms with Gasteiger partial charge in [0.05, 0.1) is 5.69 Å². The summed E-state index contributed by atoms with van der Waals surface area (Å²) in [6, 6.07) is 0.769. The van der Waals surface area contributed by atoms with E-state index in [1.165, 1.54) is 36.3 Å². The number of thiazole rings is 1. The SMILES string of the molecule is Nc1nc(C2CC2)c(CNC2CC2)s1. The lowest BCUT2D eigenvalue weighted by Gasteiger charge is -2.01. The highest BCUT2D eigenvalue weighted by atomic mass is 32.1. The molecule has 0 aliphatic heterocycles. The van der Waals surface area contributed by atoms with Crippen molar-refractivity contribution >= 4 is 16.5 Å². The first-order chi connectivity index (χ1) is 6.83. The highest BCUT2D eigenvalue weighted by Gasteiger charge is 2.30. The summed E-state index contributed by atoms with van der Waals surface area (Å²) in [5.41, 5.74) is 7.03. The third kappa shape index (κ3) is 1.77. The summed E-state index contributed by atoms with van der Waals surface area (Å²) in [5, 5.41) is 4.26. The van der Waals surface area contributed by atoms with Gasteiger partial charge in [0.2, 0.25) is 0 Å². The smallest absolute Gasteiger partial charge is 0.180 e.